The van der Waals surface area contributed by atoms with E-state index in [1.807, 2.05) is 0 Å². The van der Waals surface area contributed by atoms with E-state index in [0.717, 1.165) is 5.57 Å². The maximum absolute atomic E-state index is 4.17. The van der Waals surface area contributed by atoms with Gasteiger partial charge in [-0.05, 0) is 67.7 Å². The molecule has 0 heteroatoms. The Bertz CT molecular complexity index is 1310. The number of hydrogen-bond acceptors (Lipinski definition) is 0. The molecular weight excluding hydrogens is 300 g/mol. The molecule has 0 saturated heterocycles. The van der Waals surface area contributed by atoms with E-state index in [0.29, 0.717) is 0 Å². The second kappa shape index (κ2) is 5.19. The van der Waals surface area contributed by atoms with E-state index in [2.05, 4.69) is 92.4 Å². The van der Waals surface area contributed by atoms with Gasteiger partial charge in [-0.1, -0.05) is 78.9 Å². The number of hydrogen-bond donors (Lipinski definition) is 0. The first-order valence-corrected chi connectivity index (χ1v) is 8.66. The van der Waals surface area contributed by atoms with E-state index in [1.54, 1.807) is 0 Å². The van der Waals surface area contributed by atoms with Crippen LogP contribution in [-0.2, 0) is 0 Å². The summed E-state index contributed by atoms with van der Waals surface area (Å²) in [5, 5.41) is 10.5. The van der Waals surface area contributed by atoms with Crippen LogP contribution in [0.1, 0.15) is 12.5 Å². The second-order valence-electron chi connectivity index (χ2n) is 6.80. The van der Waals surface area contributed by atoms with Gasteiger partial charge in [-0.25, -0.2) is 0 Å². The summed E-state index contributed by atoms with van der Waals surface area (Å²) < 4.78 is 0. The summed E-state index contributed by atoms with van der Waals surface area (Å²) in [6, 6.07) is 28.6. The normalized spacial score (nSPS) is 11.6. The highest BCUT2D eigenvalue weighted by atomic mass is 14.1. The average Bonchev–Trinajstić information content (AvgIpc) is 2.66. The quantitative estimate of drug-likeness (QED) is 0.224. The summed E-state index contributed by atoms with van der Waals surface area (Å²) in [6.07, 6.45) is 0. The minimum atomic E-state index is 1.11. The van der Waals surface area contributed by atoms with Crippen molar-refractivity contribution in [1.82, 2.24) is 0 Å². The Morgan fingerprint density at radius 2 is 1.08 bits per heavy atom. The lowest BCUT2D eigenvalue weighted by Crippen LogP contribution is -1.86. The highest BCUT2D eigenvalue weighted by Gasteiger charge is 2.10. The van der Waals surface area contributed by atoms with Crippen LogP contribution in [0.4, 0.5) is 0 Å². The molecule has 0 amide bonds. The third kappa shape index (κ3) is 2.01. The van der Waals surface area contributed by atoms with E-state index >= 15 is 0 Å². The van der Waals surface area contributed by atoms with Crippen molar-refractivity contribution in [3.8, 4) is 0 Å². The number of allylic oxidation sites excluding steroid dienone is 1. The van der Waals surface area contributed by atoms with Crippen molar-refractivity contribution in [2.24, 2.45) is 0 Å². The molecule has 0 saturated carbocycles. The summed E-state index contributed by atoms with van der Waals surface area (Å²) in [6.45, 7) is 6.25. The van der Waals surface area contributed by atoms with Crippen molar-refractivity contribution >= 4 is 48.7 Å². The molecule has 0 aliphatic carbocycles. The Morgan fingerprint density at radius 1 is 0.560 bits per heavy atom. The molecule has 0 aliphatic heterocycles. The van der Waals surface area contributed by atoms with Gasteiger partial charge in [0.25, 0.3) is 0 Å². The first kappa shape index (κ1) is 14.2. The fraction of sp³-hybridized carbons (Fsp3) is 0.0400. The lowest BCUT2D eigenvalue weighted by Gasteiger charge is -2.13. The average molecular weight is 318 g/mol. The van der Waals surface area contributed by atoms with Crippen LogP contribution in [-0.4, -0.2) is 0 Å². The van der Waals surface area contributed by atoms with Crippen LogP contribution in [0.5, 0.6) is 0 Å². The van der Waals surface area contributed by atoms with Crippen molar-refractivity contribution < 1.29 is 0 Å². The molecule has 0 atom stereocenters. The summed E-state index contributed by atoms with van der Waals surface area (Å²) in [7, 11) is 0. The molecule has 5 aromatic rings. The summed E-state index contributed by atoms with van der Waals surface area (Å²) in [5.74, 6) is 0. The van der Waals surface area contributed by atoms with Crippen LogP contribution in [0.15, 0.2) is 85.4 Å². The maximum Gasteiger partial charge on any atom is -0.00923 e. The van der Waals surface area contributed by atoms with Crippen molar-refractivity contribution in [1.29, 1.82) is 0 Å². The van der Waals surface area contributed by atoms with Crippen LogP contribution in [0, 0.1) is 0 Å². The Kier molecular flexibility index (Phi) is 2.96. The Balaban J connectivity index is 2.11. The minimum Gasteiger partial charge on any atom is -0.0955 e. The van der Waals surface area contributed by atoms with Crippen molar-refractivity contribution in [2.45, 2.75) is 6.92 Å². The van der Waals surface area contributed by atoms with Gasteiger partial charge in [-0.15, -0.1) is 0 Å². The Labute approximate surface area is 147 Å². The molecule has 0 radical (unpaired) electrons. The van der Waals surface area contributed by atoms with Gasteiger partial charge in [-0.2, -0.15) is 0 Å². The van der Waals surface area contributed by atoms with Crippen LogP contribution in [0.2, 0.25) is 0 Å². The Hall–Kier alpha value is -3.12. The summed E-state index contributed by atoms with van der Waals surface area (Å²) in [4.78, 5) is 0. The molecule has 5 rings (SSSR count). The smallest absolute Gasteiger partial charge is 0.00923 e. The zero-order valence-corrected chi connectivity index (χ0v) is 14.2. The first-order valence-electron chi connectivity index (χ1n) is 8.66. The van der Waals surface area contributed by atoms with Gasteiger partial charge in [0.2, 0.25) is 0 Å². The minimum absolute atomic E-state index is 1.11. The molecule has 0 N–H and O–H groups in total. The first-order chi connectivity index (χ1) is 12.2. The topological polar surface area (TPSA) is 0 Å². The molecule has 0 unspecified atom stereocenters. The largest absolute Gasteiger partial charge is 0.0955 e. The molecule has 0 heterocycles. The van der Waals surface area contributed by atoms with Crippen molar-refractivity contribution in [3.63, 3.8) is 0 Å². The van der Waals surface area contributed by atoms with Crippen LogP contribution >= 0.6 is 0 Å². The van der Waals surface area contributed by atoms with Crippen LogP contribution < -0.4 is 0 Å². The van der Waals surface area contributed by atoms with Gasteiger partial charge in [-0.3, -0.25) is 0 Å². The van der Waals surface area contributed by atoms with E-state index in [9.17, 15) is 0 Å². The number of fused-ring (bicyclic) bond motifs is 7. The highest BCUT2D eigenvalue weighted by molar-refractivity contribution is 6.27. The maximum atomic E-state index is 4.17. The van der Waals surface area contributed by atoms with Gasteiger partial charge < -0.3 is 0 Å². The molecule has 5 aromatic carbocycles. The van der Waals surface area contributed by atoms with Crippen LogP contribution in [0.25, 0.3) is 48.7 Å². The third-order valence-corrected chi connectivity index (χ3v) is 5.20. The summed E-state index contributed by atoms with van der Waals surface area (Å²) >= 11 is 0. The molecule has 118 valence electrons. The number of rotatable bonds is 1. The van der Waals surface area contributed by atoms with Gasteiger partial charge in [0, 0.05) is 0 Å². The van der Waals surface area contributed by atoms with E-state index in [1.165, 1.54) is 48.7 Å². The number of benzene rings is 5. The van der Waals surface area contributed by atoms with E-state index < -0.39 is 0 Å². The van der Waals surface area contributed by atoms with Crippen molar-refractivity contribution in [2.75, 3.05) is 0 Å². The standard InChI is InChI=1S/C25H18/c1-16(2)18-13-7-8-17-14-24-21-11-5-3-9-19(21)20-10-4-6-12-22(20)25(24)15-23(17)18/h3-15H,1H2,2H3. The van der Waals surface area contributed by atoms with Gasteiger partial charge in [0.1, 0.15) is 0 Å². The lowest BCUT2D eigenvalue weighted by molar-refractivity contribution is 1.65. The fourth-order valence-electron chi connectivity index (χ4n) is 4.05. The lowest BCUT2D eigenvalue weighted by atomic mass is 9.90. The van der Waals surface area contributed by atoms with Crippen molar-refractivity contribution in [3.05, 3.63) is 91.0 Å². The predicted molar refractivity (Wildman–Crippen MR) is 111 cm³/mol. The Morgan fingerprint density at radius 3 is 1.64 bits per heavy atom. The molecule has 0 bridgehead atoms. The fourth-order valence-corrected chi connectivity index (χ4v) is 4.05. The predicted octanol–water partition coefficient (Wildman–Crippen LogP) is 7.33. The second-order valence-corrected chi connectivity index (χ2v) is 6.80. The van der Waals surface area contributed by atoms with E-state index in [-0.39, 0.29) is 0 Å². The highest BCUT2D eigenvalue weighted by Crippen LogP contribution is 2.38. The van der Waals surface area contributed by atoms with Gasteiger partial charge >= 0.3 is 0 Å². The molecule has 0 spiro atoms. The summed E-state index contributed by atoms with van der Waals surface area (Å²) in [5.41, 5.74) is 2.34. The molecule has 25 heavy (non-hydrogen) atoms. The van der Waals surface area contributed by atoms with Gasteiger partial charge in [0.05, 0.1) is 0 Å². The molecular formula is C25H18. The zero-order chi connectivity index (χ0) is 17.0. The monoisotopic (exact) mass is 318 g/mol. The molecule has 0 fully saturated rings. The molecule has 0 nitrogen and oxygen atoms in total. The van der Waals surface area contributed by atoms with Crippen LogP contribution in [0.3, 0.4) is 0 Å². The van der Waals surface area contributed by atoms with Gasteiger partial charge in [0.15, 0.2) is 0 Å². The third-order valence-electron chi connectivity index (χ3n) is 5.20. The zero-order valence-electron chi connectivity index (χ0n) is 14.2. The molecule has 0 aliphatic rings. The molecule has 0 aromatic heterocycles. The SMILES string of the molecule is C=C(C)c1cccc2cc3c4ccccc4c4ccccc4c3cc12. The van der Waals surface area contributed by atoms with E-state index in [4.69, 9.17) is 0 Å².